The fourth-order valence-electron chi connectivity index (χ4n) is 1.57. The highest BCUT2D eigenvalue weighted by molar-refractivity contribution is 9.10. The molecule has 0 radical (unpaired) electrons. The fraction of sp³-hybridized carbons (Fsp3) is 0.0714. The summed E-state index contributed by atoms with van der Waals surface area (Å²) in [5, 5.41) is 9.54. The van der Waals surface area contributed by atoms with Crippen molar-refractivity contribution in [1.82, 2.24) is 0 Å². The van der Waals surface area contributed by atoms with E-state index in [2.05, 4.69) is 15.9 Å². The van der Waals surface area contributed by atoms with Crippen LogP contribution in [-0.4, -0.2) is 11.1 Å². The van der Waals surface area contributed by atoms with Gasteiger partial charge in [-0.05, 0) is 42.8 Å². The molecule has 0 spiro atoms. The third kappa shape index (κ3) is 3.28. The van der Waals surface area contributed by atoms with E-state index < -0.39 is 5.97 Å². The SMILES string of the molecule is Cc1ccc(C(=O)O)c(Oc2ccc(Br)cc2Cl)c1. The van der Waals surface area contributed by atoms with Gasteiger partial charge in [0, 0.05) is 4.47 Å². The van der Waals surface area contributed by atoms with E-state index in [1.807, 2.05) is 6.92 Å². The minimum Gasteiger partial charge on any atom is -0.478 e. The van der Waals surface area contributed by atoms with Crippen LogP contribution in [0, 0.1) is 6.92 Å². The highest BCUT2D eigenvalue weighted by atomic mass is 79.9. The summed E-state index contributed by atoms with van der Waals surface area (Å²) in [6.07, 6.45) is 0. The van der Waals surface area contributed by atoms with Crippen LogP contribution < -0.4 is 4.74 Å². The minimum absolute atomic E-state index is 0.101. The van der Waals surface area contributed by atoms with Crippen LogP contribution in [-0.2, 0) is 0 Å². The summed E-state index contributed by atoms with van der Waals surface area (Å²) < 4.78 is 6.43. The molecule has 0 unspecified atom stereocenters. The van der Waals surface area contributed by atoms with Gasteiger partial charge in [0.15, 0.2) is 0 Å². The number of aromatic carboxylic acids is 1. The molecule has 3 nitrogen and oxygen atoms in total. The van der Waals surface area contributed by atoms with Gasteiger partial charge < -0.3 is 9.84 Å². The molecular weight excluding hydrogens is 332 g/mol. The second-order valence-electron chi connectivity index (χ2n) is 3.98. The standard InChI is InChI=1S/C14H10BrClO3/c1-8-2-4-10(14(17)18)13(6-8)19-12-5-3-9(15)7-11(12)16/h2-7H,1H3,(H,17,18). The first-order valence-electron chi connectivity index (χ1n) is 5.44. The Hall–Kier alpha value is -1.52. The number of aryl methyl sites for hydroxylation is 1. The highest BCUT2D eigenvalue weighted by Crippen LogP contribution is 2.33. The third-order valence-electron chi connectivity index (χ3n) is 2.48. The number of hydrogen-bond donors (Lipinski definition) is 1. The molecule has 2 aromatic rings. The molecule has 98 valence electrons. The molecule has 0 saturated carbocycles. The molecule has 0 bridgehead atoms. The summed E-state index contributed by atoms with van der Waals surface area (Å²) in [7, 11) is 0. The number of ether oxygens (including phenoxy) is 1. The maximum Gasteiger partial charge on any atom is 0.339 e. The Kier molecular flexibility index (Phi) is 4.12. The van der Waals surface area contributed by atoms with Gasteiger partial charge in [0.05, 0.1) is 5.02 Å². The third-order valence-corrected chi connectivity index (χ3v) is 3.27. The largest absolute Gasteiger partial charge is 0.478 e. The maximum atomic E-state index is 11.1. The number of benzene rings is 2. The second kappa shape index (κ2) is 5.63. The smallest absolute Gasteiger partial charge is 0.339 e. The maximum absolute atomic E-state index is 11.1. The monoisotopic (exact) mass is 340 g/mol. The van der Waals surface area contributed by atoms with Crippen LogP contribution in [0.4, 0.5) is 0 Å². The summed E-state index contributed by atoms with van der Waals surface area (Å²) in [5.41, 5.74) is 1.01. The predicted molar refractivity (Wildman–Crippen MR) is 77.4 cm³/mol. The molecule has 0 amide bonds. The van der Waals surface area contributed by atoms with Gasteiger partial charge in [-0.2, -0.15) is 0 Å². The lowest BCUT2D eigenvalue weighted by atomic mass is 10.1. The number of hydrogen-bond acceptors (Lipinski definition) is 2. The zero-order chi connectivity index (χ0) is 14.0. The lowest BCUT2D eigenvalue weighted by molar-refractivity contribution is 0.0694. The summed E-state index contributed by atoms with van der Waals surface area (Å²) in [5.74, 6) is -0.349. The Morgan fingerprint density at radius 1 is 1.21 bits per heavy atom. The molecule has 0 aromatic heterocycles. The number of rotatable bonds is 3. The van der Waals surface area contributed by atoms with Gasteiger partial charge in [0.25, 0.3) is 0 Å². The molecule has 0 saturated heterocycles. The van der Waals surface area contributed by atoms with E-state index in [-0.39, 0.29) is 11.3 Å². The molecule has 2 aromatic carbocycles. The van der Waals surface area contributed by atoms with E-state index in [9.17, 15) is 4.79 Å². The summed E-state index contributed by atoms with van der Waals surface area (Å²) >= 11 is 9.35. The quantitative estimate of drug-likeness (QED) is 0.863. The van der Waals surface area contributed by atoms with Crippen molar-refractivity contribution in [3.63, 3.8) is 0 Å². The molecular formula is C14H10BrClO3. The molecule has 0 aliphatic heterocycles. The Balaban J connectivity index is 2.42. The average molecular weight is 342 g/mol. The van der Waals surface area contributed by atoms with Gasteiger partial charge in [0.2, 0.25) is 0 Å². The molecule has 0 atom stereocenters. The van der Waals surface area contributed by atoms with Gasteiger partial charge in [-0.15, -0.1) is 0 Å². The van der Waals surface area contributed by atoms with Gasteiger partial charge in [-0.1, -0.05) is 33.6 Å². The molecule has 5 heteroatoms. The first-order valence-corrected chi connectivity index (χ1v) is 6.61. The number of carboxylic acids is 1. The molecule has 0 heterocycles. The van der Waals surface area contributed by atoms with E-state index in [4.69, 9.17) is 21.4 Å². The number of carbonyl (C=O) groups is 1. The van der Waals surface area contributed by atoms with E-state index in [1.54, 1.807) is 30.3 Å². The first-order chi connectivity index (χ1) is 8.97. The fourth-order valence-corrected chi connectivity index (χ4v) is 2.28. The van der Waals surface area contributed by atoms with Crippen LogP contribution in [0.1, 0.15) is 15.9 Å². The number of carboxylic acid groups (broad SMARTS) is 1. The van der Waals surface area contributed by atoms with Gasteiger partial charge in [-0.25, -0.2) is 4.79 Å². The van der Waals surface area contributed by atoms with Crippen molar-refractivity contribution in [1.29, 1.82) is 0 Å². The lowest BCUT2D eigenvalue weighted by Gasteiger charge is -2.11. The van der Waals surface area contributed by atoms with Gasteiger partial charge in [-0.3, -0.25) is 0 Å². The molecule has 2 rings (SSSR count). The normalized spacial score (nSPS) is 10.3. The zero-order valence-electron chi connectivity index (χ0n) is 9.98. The van der Waals surface area contributed by atoms with Crippen molar-refractivity contribution in [3.8, 4) is 11.5 Å². The van der Waals surface area contributed by atoms with Crippen molar-refractivity contribution in [2.24, 2.45) is 0 Å². The Bertz CT molecular complexity index is 641. The first kappa shape index (κ1) is 13.9. The molecule has 0 aliphatic rings. The van der Waals surface area contributed by atoms with E-state index in [0.717, 1.165) is 10.0 Å². The van der Waals surface area contributed by atoms with Gasteiger partial charge in [0.1, 0.15) is 17.1 Å². The molecule has 1 N–H and O–H groups in total. The topological polar surface area (TPSA) is 46.5 Å². The van der Waals surface area contributed by atoms with Crippen LogP contribution in [0.3, 0.4) is 0 Å². The van der Waals surface area contributed by atoms with E-state index >= 15 is 0 Å². The highest BCUT2D eigenvalue weighted by Gasteiger charge is 2.13. The van der Waals surface area contributed by atoms with Crippen LogP contribution in [0.15, 0.2) is 40.9 Å². The Morgan fingerprint density at radius 2 is 1.95 bits per heavy atom. The molecule has 0 aliphatic carbocycles. The summed E-state index contributed by atoms with van der Waals surface area (Å²) in [6.45, 7) is 1.86. The van der Waals surface area contributed by atoms with Crippen molar-refractivity contribution >= 4 is 33.5 Å². The van der Waals surface area contributed by atoms with E-state index in [1.165, 1.54) is 6.07 Å². The zero-order valence-corrected chi connectivity index (χ0v) is 12.3. The van der Waals surface area contributed by atoms with Crippen LogP contribution >= 0.6 is 27.5 Å². The van der Waals surface area contributed by atoms with Crippen molar-refractivity contribution in [3.05, 3.63) is 57.0 Å². The van der Waals surface area contributed by atoms with Crippen molar-refractivity contribution in [2.75, 3.05) is 0 Å². The lowest BCUT2D eigenvalue weighted by Crippen LogP contribution is -2.00. The van der Waals surface area contributed by atoms with Crippen LogP contribution in [0.25, 0.3) is 0 Å². The second-order valence-corrected chi connectivity index (χ2v) is 5.30. The summed E-state index contributed by atoms with van der Waals surface area (Å²) in [6, 6.07) is 10.0. The van der Waals surface area contributed by atoms with Gasteiger partial charge >= 0.3 is 5.97 Å². The predicted octanol–water partition coefficient (Wildman–Crippen LogP) is 4.90. The molecule has 0 fully saturated rings. The average Bonchev–Trinajstić information content (AvgIpc) is 2.32. The molecule has 19 heavy (non-hydrogen) atoms. The summed E-state index contributed by atoms with van der Waals surface area (Å²) in [4.78, 5) is 11.1. The Morgan fingerprint density at radius 3 is 2.58 bits per heavy atom. The minimum atomic E-state index is -1.04. The van der Waals surface area contributed by atoms with E-state index in [0.29, 0.717) is 10.8 Å². The van der Waals surface area contributed by atoms with Crippen LogP contribution in [0.2, 0.25) is 5.02 Å². The van der Waals surface area contributed by atoms with Crippen molar-refractivity contribution in [2.45, 2.75) is 6.92 Å². The Labute approximate surface area is 123 Å². The number of halogens is 2. The van der Waals surface area contributed by atoms with Crippen molar-refractivity contribution < 1.29 is 14.6 Å². The van der Waals surface area contributed by atoms with Crippen LogP contribution in [0.5, 0.6) is 11.5 Å².